The summed E-state index contributed by atoms with van der Waals surface area (Å²) in [5.74, 6) is 1.72. The molecular formula is C10H20O3S. The Labute approximate surface area is 90.5 Å². The molecule has 4 heteroatoms. The van der Waals surface area contributed by atoms with Gasteiger partial charge in [-0.2, -0.15) is 11.8 Å². The number of methoxy groups -OCH3 is 1. The average Bonchev–Trinajstić information content (AvgIpc) is 2.12. The Morgan fingerprint density at radius 1 is 1.50 bits per heavy atom. The van der Waals surface area contributed by atoms with Crippen LogP contribution >= 0.6 is 11.8 Å². The van der Waals surface area contributed by atoms with Crippen LogP contribution in [0.4, 0.5) is 0 Å². The second-order valence-corrected chi connectivity index (χ2v) is 4.27. The molecule has 0 bridgehead atoms. The molecule has 0 heterocycles. The molecule has 0 saturated heterocycles. The summed E-state index contributed by atoms with van der Waals surface area (Å²) in [6.07, 6.45) is 2.32. The molecular weight excluding hydrogens is 200 g/mol. The summed E-state index contributed by atoms with van der Waals surface area (Å²) < 4.78 is 10.1. The van der Waals surface area contributed by atoms with Crippen LogP contribution < -0.4 is 0 Å². The van der Waals surface area contributed by atoms with E-state index in [1.165, 1.54) is 19.8 Å². The number of rotatable bonds is 8. The van der Waals surface area contributed by atoms with Crippen molar-refractivity contribution in [3.05, 3.63) is 0 Å². The van der Waals surface area contributed by atoms with Gasteiger partial charge in [0, 0.05) is 19.8 Å². The number of hydrogen-bond acceptors (Lipinski definition) is 4. The molecule has 14 heavy (non-hydrogen) atoms. The average molecular weight is 220 g/mol. The predicted octanol–water partition coefficient (Wildman–Crippen LogP) is 2.10. The molecule has 0 aliphatic rings. The van der Waals surface area contributed by atoms with E-state index in [-0.39, 0.29) is 12.1 Å². The minimum absolute atomic E-state index is 0.0978. The second kappa shape index (κ2) is 9.34. The molecule has 1 unspecified atom stereocenters. The minimum atomic E-state index is -0.233. The maximum Gasteiger partial charge on any atom is 0.303 e. The third-order valence-corrected chi connectivity index (χ3v) is 2.82. The van der Waals surface area contributed by atoms with Gasteiger partial charge in [-0.1, -0.05) is 13.3 Å². The molecule has 0 N–H and O–H groups in total. The molecule has 0 spiro atoms. The van der Waals surface area contributed by atoms with Crippen LogP contribution in [0.2, 0.25) is 0 Å². The van der Waals surface area contributed by atoms with Crippen molar-refractivity contribution in [2.24, 2.45) is 0 Å². The first-order valence-electron chi connectivity index (χ1n) is 4.94. The molecule has 0 aromatic carbocycles. The van der Waals surface area contributed by atoms with E-state index in [1.807, 2.05) is 11.8 Å². The predicted molar refractivity (Wildman–Crippen MR) is 59.7 cm³/mol. The van der Waals surface area contributed by atoms with Gasteiger partial charge in [-0.3, -0.25) is 4.79 Å². The van der Waals surface area contributed by atoms with Crippen LogP contribution in [0, 0.1) is 0 Å². The maximum atomic E-state index is 10.7. The van der Waals surface area contributed by atoms with E-state index in [2.05, 4.69) is 6.92 Å². The maximum absolute atomic E-state index is 10.7. The van der Waals surface area contributed by atoms with Crippen molar-refractivity contribution in [2.45, 2.75) is 32.8 Å². The van der Waals surface area contributed by atoms with Crippen LogP contribution in [0.3, 0.4) is 0 Å². The van der Waals surface area contributed by atoms with Gasteiger partial charge in [-0.05, 0) is 12.2 Å². The second-order valence-electron chi connectivity index (χ2n) is 3.12. The van der Waals surface area contributed by atoms with Crippen LogP contribution in [-0.4, -0.2) is 37.3 Å². The van der Waals surface area contributed by atoms with E-state index in [0.29, 0.717) is 6.61 Å². The minimum Gasteiger partial charge on any atom is -0.459 e. The SMILES string of the molecule is CCCCSCC(COC)OC(C)=O. The van der Waals surface area contributed by atoms with Gasteiger partial charge in [0.1, 0.15) is 6.10 Å². The summed E-state index contributed by atoms with van der Waals surface area (Å²) in [5.41, 5.74) is 0. The molecule has 1 atom stereocenters. The van der Waals surface area contributed by atoms with Gasteiger partial charge >= 0.3 is 5.97 Å². The van der Waals surface area contributed by atoms with Crippen molar-refractivity contribution in [1.82, 2.24) is 0 Å². The molecule has 0 aromatic heterocycles. The number of carbonyl (C=O) groups is 1. The highest BCUT2D eigenvalue weighted by molar-refractivity contribution is 7.99. The largest absolute Gasteiger partial charge is 0.459 e. The number of ether oxygens (including phenoxy) is 2. The lowest BCUT2D eigenvalue weighted by molar-refractivity contribution is -0.147. The van der Waals surface area contributed by atoms with E-state index in [1.54, 1.807) is 7.11 Å². The van der Waals surface area contributed by atoms with Crippen molar-refractivity contribution in [1.29, 1.82) is 0 Å². The summed E-state index contributed by atoms with van der Waals surface area (Å²) >= 11 is 1.81. The van der Waals surface area contributed by atoms with E-state index in [4.69, 9.17) is 9.47 Å². The first-order chi connectivity index (χ1) is 6.70. The third-order valence-electron chi connectivity index (χ3n) is 1.63. The van der Waals surface area contributed by atoms with Crippen LogP contribution in [0.15, 0.2) is 0 Å². The van der Waals surface area contributed by atoms with Crippen molar-refractivity contribution < 1.29 is 14.3 Å². The fourth-order valence-electron chi connectivity index (χ4n) is 0.998. The summed E-state index contributed by atoms with van der Waals surface area (Å²) in [7, 11) is 1.62. The smallest absolute Gasteiger partial charge is 0.303 e. The van der Waals surface area contributed by atoms with Gasteiger partial charge < -0.3 is 9.47 Å². The van der Waals surface area contributed by atoms with Gasteiger partial charge in [0.15, 0.2) is 0 Å². The number of esters is 1. The van der Waals surface area contributed by atoms with E-state index < -0.39 is 0 Å². The molecule has 3 nitrogen and oxygen atoms in total. The van der Waals surface area contributed by atoms with Crippen molar-refractivity contribution in [3.63, 3.8) is 0 Å². The molecule has 0 amide bonds. The highest BCUT2D eigenvalue weighted by Crippen LogP contribution is 2.09. The Bertz CT molecular complexity index is 150. The molecule has 0 aromatic rings. The van der Waals surface area contributed by atoms with Gasteiger partial charge in [0.05, 0.1) is 6.61 Å². The Hall–Kier alpha value is -0.220. The number of hydrogen-bond donors (Lipinski definition) is 0. The zero-order valence-corrected chi connectivity index (χ0v) is 10.1. The Morgan fingerprint density at radius 3 is 2.71 bits per heavy atom. The molecule has 0 fully saturated rings. The summed E-state index contributed by atoms with van der Waals surface area (Å²) in [4.78, 5) is 10.7. The fraction of sp³-hybridized carbons (Fsp3) is 0.900. The van der Waals surface area contributed by atoms with Crippen LogP contribution in [0.25, 0.3) is 0 Å². The monoisotopic (exact) mass is 220 g/mol. The number of carbonyl (C=O) groups excluding carboxylic acids is 1. The molecule has 0 aliphatic heterocycles. The van der Waals surface area contributed by atoms with Crippen molar-refractivity contribution in [3.8, 4) is 0 Å². The first-order valence-corrected chi connectivity index (χ1v) is 6.10. The summed E-state index contributed by atoms with van der Waals surface area (Å²) in [6, 6.07) is 0. The third kappa shape index (κ3) is 8.38. The number of thioether (sulfide) groups is 1. The lowest BCUT2D eigenvalue weighted by atomic mass is 10.4. The Morgan fingerprint density at radius 2 is 2.21 bits per heavy atom. The fourth-order valence-corrected chi connectivity index (χ4v) is 2.08. The zero-order chi connectivity index (χ0) is 10.8. The molecule has 0 aliphatic carbocycles. The zero-order valence-electron chi connectivity index (χ0n) is 9.25. The summed E-state index contributed by atoms with van der Waals surface area (Å²) in [6.45, 7) is 4.08. The highest BCUT2D eigenvalue weighted by atomic mass is 32.2. The molecule has 0 saturated carbocycles. The van der Waals surface area contributed by atoms with E-state index in [9.17, 15) is 4.79 Å². The van der Waals surface area contributed by atoms with Crippen LogP contribution in [0.5, 0.6) is 0 Å². The van der Waals surface area contributed by atoms with Gasteiger partial charge in [-0.15, -0.1) is 0 Å². The topological polar surface area (TPSA) is 35.5 Å². The normalized spacial score (nSPS) is 12.5. The standard InChI is InChI=1S/C10H20O3S/c1-4-5-6-14-8-10(7-12-3)13-9(2)11/h10H,4-8H2,1-3H3. The Balaban J connectivity index is 3.56. The highest BCUT2D eigenvalue weighted by Gasteiger charge is 2.11. The quantitative estimate of drug-likeness (QED) is 0.463. The number of unbranched alkanes of at least 4 members (excludes halogenated alkanes) is 1. The Kier molecular flexibility index (Phi) is 9.19. The van der Waals surface area contributed by atoms with Crippen LogP contribution in [0.1, 0.15) is 26.7 Å². The van der Waals surface area contributed by atoms with Gasteiger partial charge in [0.25, 0.3) is 0 Å². The first kappa shape index (κ1) is 13.8. The lowest BCUT2D eigenvalue weighted by Crippen LogP contribution is -2.24. The van der Waals surface area contributed by atoms with E-state index >= 15 is 0 Å². The van der Waals surface area contributed by atoms with Gasteiger partial charge in [-0.25, -0.2) is 0 Å². The lowest BCUT2D eigenvalue weighted by Gasteiger charge is -2.15. The molecule has 0 radical (unpaired) electrons. The van der Waals surface area contributed by atoms with Crippen LogP contribution in [-0.2, 0) is 14.3 Å². The van der Waals surface area contributed by atoms with Gasteiger partial charge in [0.2, 0.25) is 0 Å². The van der Waals surface area contributed by atoms with Crippen molar-refractivity contribution >= 4 is 17.7 Å². The van der Waals surface area contributed by atoms with Crippen molar-refractivity contribution in [2.75, 3.05) is 25.2 Å². The molecule has 0 rings (SSSR count). The summed E-state index contributed by atoms with van der Waals surface area (Å²) in [5, 5.41) is 0. The van der Waals surface area contributed by atoms with E-state index in [0.717, 1.165) is 11.5 Å². The molecule has 84 valence electrons.